The molecule has 0 bridgehead atoms. The van der Waals surface area contributed by atoms with Crippen molar-refractivity contribution in [2.75, 3.05) is 29.4 Å². The summed E-state index contributed by atoms with van der Waals surface area (Å²) >= 11 is 0.978. The number of thiazole rings is 1. The summed E-state index contributed by atoms with van der Waals surface area (Å²) in [5.74, 6) is -0.149. The van der Waals surface area contributed by atoms with E-state index >= 15 is 0 Å². The van der Waals surface area contributed by atoms with Gasteiger partial charge in [0.2, 0.25) is 5.91 Å². The molecule has 1 fully saturated rings. The topological polar surface area (TPSA) is 36.4 Å². The van der Waals surface area contributed by atoms with Crippen LogP contribution in [0.4, 0.5) is 24.0 Å². The first-order chi connectivity index (χ1) is 11.9. The van der Waals surface area contributed by atoms with Gasteiger partial charge in [-0.25, -0.2) is 4.98 Å². The van der Waals surface area contributed by atoms with Crippen LogP contribution in [0.1, 0.15) is 17.7 Å². The Morgan fingerprint density at radius 2 is 2.04 bits per heavy atom. The van der Waals surface area contributed by atoms with Crippen LogP contribution in [0, 0.1) is 5.92 Å². The van der Waals surface area contributed by atoms with E-state index in [0.29, 0.717) is 31.2 Å². The number of aromatic nitrogens is 1. The number of nitrogens with zero attached hydrogens (tertiary/aromatic N) is 3. The molecule has 25 heavy (non-hydrogen) atoms. The first kappa shape index (κ1) is 16.4. The number of amides is 1. The summed E-state index contributed by atoms with van der Waals surface area (Å²) in [4.78, 5) is 20.1. The molecule has 1 unspecified atom stereocenters. The monoisotopic (exact) mass is 367 g/mol. The Morgan fingerprint density at radius 3 is 2.80 bits per heavy atom. The molecule has 1 aromatic carbocycles. The summed E-state index contributed by atoms with van der Waals surface area (Å²) in [6.45, 7) is 1.64. The van der Waals surface area contributed by atoms with E-state index < -0.39 is 11.9 Å². The summed E-state index contributed by atoms with van der Waals surface area (Å²) in [5.41, 5.74) is 1.26. The highest BCUT2D eigenvalue weighted by molar-refractivity contribution is 7.13. The van der Waals surface area contributed by atoms with E-state index in [2.05, 4.69) is 4.98 Å². The van der Waals surface area contributed by atoms with Gasteiger partial charge in [0, 0.05) is 30.7 Å². The van der Waals surface area contributed by atoms with Gasteiger partial charge < -0.3 is 9.80 Å². The van der Waals surface area contributed by atoms with E-state index in [0.717, 1.165) is 28.8 Å². The first-order valence-electron chi connectivity index (χ1n) is 8.10. The van der Waals surface area contributed by atoms with Crippen LogP contribution in [-0.2, 0) is 17.4 Å². The zero-order valence-corrected chi connectivity index (χ0v) is 14.1. The number of carbonyl (C=O) groups is 1. The van der Waals surface area contributed by atoms with Gasteiger partial charge in [-0.1, -0.05) is 18.2 Å². The number of rotatable bonds is 2. The third-order valence-corrected chi connectivity index (χ3v) is 5.65. The van der Waals surface area contributed by atoms with Crippen molar-refractivity contribution in [2.45, 2.75) is 19.0 Å². The van der Waals surface area contributed by atoms with Crippen LogP contribution in [0.25, 0.3) is 0 Å². The number of fused-ring (bicyclic) bond motifs is 1. The zero-order chi connectivity index (χ0) is 17.6. The van der Waals surface area contributed by atoms with Crippen LogP contribution in [0.5, 0.6) is 0 Å². The van der Waals surface area contributed by atoms with E-state index in [1.165, 1.54) is 5.56 Å². The molecule has 0 saturated carbocycles. The molecule has 0 aliphatic carbocycles. The third kappa shape index (κ3) is 2.99. The van der Waals surface area contributed by atoms with Crippen LogP contribution in [0.15, 0.2) is 29.6 Å². The van der Waals surface area contributed by atoms with Crippen molar-refractivity contribution < 1.29 is 18.0 Å². The number of alkyl halides is 3. The van der Waals surface area contributed by atoms with Crippen LogP contribution in [-0.4, -0.2) is 30.5 Å². The van der Waals surface area contributed by atoms with Gasteiger partial charge in [0.25, 0.3) is 0 Å². The fourth-order valence-corrected chi connectivity index (χ4v) is 4.33. The maximum atomic E-state index is 12.9. The van der Waals surface area contributed by atoms with Gasteiger partial charge in [-0.3, -0.25) is 4.79 Å². The molecule has 0 spiro atoms. The fourth-order valence-electron chi connectivity index (χ4n) is 3.46. The summed E-state index contributed by atoms with van der Waals surface area (Å²) in [5, 5.41) is 1.37. The lowest BCUT2D eigenvalue weighted by Gasteiger charge is -2.21. The first-order valence-corrected chi connectivity index (χ1v) is 8.98. The number of hydrogen-bond donors (Lipinski definition) is 0. The van der Waals surface area contributed by atoms with E-state index in [1.54, 1.807) is 4.90 Å². The second-order valence-corrected chi connectivity index (χ2v) is 7.15. The molecule has 132 valence electrons. The SMILES string of the molecule is O=C(C1CCN(c2nc(C(F)(F)F)cs2)C1)N1CCc2ccccc21. The van der Waals surface area contributed by atoms with E-state index in [4.69, 9.17) is 0 Å². The van der Waals surface area contributed by atoms with Crippen molar-refractivity contribution in [2.24, 2.45) is 5.92 Å². The van der Waals surface area contributed by atoms with Gasteiger partial charge in [0.05, 0.1) is 5.92 Å². The average Bonchev–Trinajstić information content (AvgIpc) is 3.31. The highest BCUT2D eigenvalue weighted by Crippen LogP contribution is 2.36. The van der Waals surface area contributed by atoms with Crippen molar-refractivity contribution in [1.82, 2.24) is 4.98 Å². The largest absolute Gasteiger partial charge is 0.434 e. The molecule has 8 heteroatoms. The Labute approximate surface area is 146 Å². The number of anilines is 2. The quantitative estimate of drug-likeness (QED) is 0.814. The minimum atomic E-state index is -4.43. The molecule has 1 atom stereocenters. The van der Waals surface area contributed by atoms with E-state index in [1.807, 2.05) is 29.2 Å². The molecule has 1 amide bonds. The lowest BCUT2D eigenvalue weighted by Crippen LogP contribution is -2.36. The summed E-state index contributed by atoms with van der Waals surface area (Å²) in [7, 11) is 0. The van der Waals surface area contributed by atoms with Crippen molar-refractivity contribution in [3.8, 4) is 0 Å². The molecular formula is C17H16F3N3OS. The fraction of sp³-hybridized carbons (Fsp3) is 0.412. The number of para-hydroxylation sites is 1. The Hall–Kier alpha value is -2.09. The van der Waals surface area contributed by atoms with Crippen LogP contribution in [0.3, 0.4) is 0 Å². The van der Waals surface area contributed by atoms with Crippen LogP contribution in [0.2, 0.25) is 0 Å². The highest BCUT2D eigenvalue weighted by atomic mass is 32.1. The maximum Gasteiger partial charge on any atom is 0.434 e. The average molecular weight is 367 g/mol. The van der Waals surface area contributed by atoms with E-state index in [9.17, 15) is 18.0 Å². The lowest BCUT2D eigenvalue weighted by atomic mass is 10.1. The molecule has 4 rings (SSSR count). The van der Waals surface area contributed by atoms with Crippen LogP contribution < -0.4 is 9.80 Å². The van der Waals surface area contributed by atoms with Gasteiger partial charge in [-0.2, -0.15) is 13.2 Å². The minimum Gasteiger partial charge on any atom is -0.347 e. The molecule has 1 aromatic heterocycles. The molecule has 3 heterocycles. The predicted molar refractivity (Wildman–Crippen MR) is 89.9 cm³/mol. The number of benzene rings is 1. The summed E-state index contributed by atoms with van der Waals surface area (Å²) in [6.07, 6.45) is -2.94. The van der Waals surface area contributed by atoms with Crippen molar-refractivity contribution in [1.29, 1.82) is 0 Å². The predicted octanol–water partition coefficient (Wildman–Crippen LogP) is 3.58. The van der Waals surface area contributed by atoms with Crippen molar-refractivity contribution in [3.63, 3.8) is 0 Å². The molecule has 0 radical (unpaired) electrons. The molecular weight excluding hydrogens is 351 g/mol. The Bertz CT molecular complexity index is 804. The second-order valence-electron chi connectivity index (χ2n) is 6.31. The summed E-state index contributed by atoms with van der Waals surface area (Å²) in [6, 6.07) is 7.85. The third-order valence-electron chi connectivity index (χ3n) is 4.74. The van der Waals surface area contributed by atoms with Crippen molar-refractivity contribution in [3.05, 3.63) is 40.9 Å². The Kier molecular flexibility index (Phi) is 3.94. The summed E-state index contributed by atoms with van der Waals surface area (Å²) < 4.78 is 38.1. The normalized spacial score (nSPS) is 20.2. The van der Waals surface area contributed by atoms with Crippen LogP contribution >= 0.6 is 11.3 Å². The van der Waals surface area contributed by atoms with Gasteiger partial charge in [0.15, 0.2) is 10.8 Å². The molecule has 2 aliphatic rings. The standard InChI is InChI=1S/C17H16F3N3OS/c18-17(19,20)14-10-25-16(21-14)22-7-5-12(9-22)15(24)23-8-6-11-3-1-2-4-13(11)23/h1-4,10,12H,5-9H2. The van der Waals surface area contributed by atoms with Gasteiger partial charge in [-0.05, 0) is 24.5 Å². The van der Waals surface area contributed by atoms with Crippen molar-refractivity contribution >= 4 is 28.1 Å². The minimum absolute atomic E-state index is 0.0556. The zero-order valence-electron chi connectivity index (χ0n) is 13.3. The Balaban J connectivity index is 1.46. The highest BCUT2D eigenvalue weighted by Gasteiger charge is 2.37. The second kappa shape index (κ2) is 6.01. The molecule has 0 N–H and O–H groups in total. The number of halogens is 3. The maximum absolute atomic E-state index is 12.9. The molecule has 4 nitrogen and oxygen atoms in total. The van der Waals surface area contributed by atoms with Gasteiger partial charge in [0.1, 0.15) is 0 Å². The smallest absolute Gasteiger partial charge is 0.347 e. The molecule has 2 aromatic rings. The number of hydrogen-bond acceptors (Lipinski definition) is 4. The number of carbonyl (C=O) groups excluding carboxylic acids is 1. The van der Waals surface area contributed by atoms with E-state index in [-0.39, 0.29) is 11.8 Å². The Morgan fingerprint density at radius 1 is 1.24 bits per heavy atom. The van der Waals surface area contributed by atoms with Gasteiger partial charge in [-0.15, -0.1) is 11.3 Å². The molecule has 1 saturated heterocycles. The van der Waals surface area contributed by atoms with Gasteiger partial charge >= 0.3 is 6.18 Å². The molecule has 2 aliphatic heterocycles. The lowest BCUT2D eigenvalue weighted by molar-refractivity contribution is -0.140.